The van der Waals surface area contributed by atoms with Gasteiger partial charge in [0.25, 0.3) is 0 Å². The zero-order valence-corrected chi connectivity index (χ0v) is 13.4. The lowest BCUT2D eigenvalue weighted by Crippen LogP contribution is -2.47. The Kier molecular flexibility index (Phi) is 4.87. The Hall–Kier alpha value is -1.69. The highest BCUT2D eigenvalue weighted by atomic mass is 15.3. The SMILES string of the molecule is CNCC(c1cnc(-c2ccccc2)[nH]1)N1CCN(C)CC1. The Balaban J connectivity index is 1.79. The molecule has 1 atom stereocenters. The average molecular weight is 299 g/mol. The molecule has 2 N–H and O–H groups in total. The van der Waals surface area contributed by atoms with Crippen LogP contribution in [-0.4, -0.2) is 66.6 Å². The van der Waals surface area contributed by atoms with Crippen molar-refractivity contribution in [3.63, 3.8) is 0 Å². The van der Waals surface area contributed by atoms with Gasteiger partial charge < -0.3 is 15.2 Å². The van der Waals surface area contributed by atoms with E-state index < -0.39 is 0 Å². The van der Waals surface area contributed by atoms with E-state index in [4.69, 9.17) is 0 Å². The lowest BCUT2D eigenvalue weighted by Gasteiger charge is -2.37. The molecule has 0 bridgehead atoms. The maximum Gasteiger partial charge on any atom is 0.137 e. The predicted octanol–water partition coefficient (Wildman–Crippen LogP) is 1.58. The summed E-state index contributed by atoms with van der Waals surface area (Å²) in [6.07, 6.45) is 1.99. The van der Waals surface area contributed by atoms with E-state index in [-0.39, 0.29) is 0 Å². The molecule has 5 heteroatoms. The summed E-state index contributed by atoms with van der Waals surface area (Å²) in [4.78, 5) is 13.0. The van der Waals surface area contributed by atoms with E-state index in [0.29, 0.717) is 6.04 Å². The third kappa shape index (κ3) is 3.38. The standard InChI is InChI=1S/C17H25N5/c1-18-13-16(22-10-8-21(2)9-11-22)15-12-19-17(20-15)14-6-4-3-5-7-14/h3-7,12,16,18H,8-11,13H2,1-2H3,(H,19,20). The maximum absolute atomic E-state index is 4.58. The van der Waals surface area contributed by atoms with Crippen LogP contribution in [0.1, 0.15) is 11.7 Å². The number of piperazine rings is 1. The summed E-state index contributed by atoms with van der Waals surface area (Å²) in [6.45, 7) is 5.38. The van der Waals surface area contributed by atoms with Crippen LogP contribution in [0.5, 0.6) is 0 Å². The number of benzene rings is 1. The number of hydrogen-bond acceptors (Lipinski definition) is 4. The summed E-state index contributed by atoms with van der Waals surface area (Å²) in [5, 5.41) is 3.32. The minimum absolute atomic E-state index is 0.351. The van der Waals surface area contributed by atoms with E-state index in [0.717, 1.165) is 44.1 Å². The smallest absolute Gasteiger partial charge is 0.137 e. The highest BCUT2D eigenvalue weighted by molar-refractivity contribution is 5.54. The van der Waals surface area contributed by atoms with Crippen LogP contribution >= 0.6 is 0 Å². The molecule has 1 fully saturated rings. The van der Waals surface area contributed by atoms with Crippen molar-refractivity contribution in [2.75, 3.05) is 46.8 Å². The summed E-state index contributed by atoms with van der Waals surface area (Å²) in [5.74, 6) is 0.950. The van der Waals surface area contributed by atoms with E-state index >= 15 is 0 Å². The van der Waals surface area contributed by atoms with Crippen molar-refractivity contribution in [3.05, 3.63) is 42.2 Å². The quantitative estimate of drug-likeness (QED) is 0.880. The first-order valence-corrected chi connectivity index (χ1v) is 7.95. The molecule has 5 nitrogen and oxygen atoms in total. The van der Waals surface area contributed by atoms with Crippen LogP contribution < -0.4 is 5.32 Å². The van der Waals surface area contributed by atoms with Gasteiger partial charge >= 0.3 is 0 Å². The average Bonchev–Trinajstić information content (AvgIpc) is 3.04. The number of hydrogen-bond donors (Lipinski definition) is 2. The van der Waals surface area contributed by atoms with Crippen LogP contribution in [-0.2, 0) is 0 Å². The first kappa shape index (κ1) is 15.2. The molecule has 0 aliphatic carbocycles. The van der Waals surface area contributed by atoms with Gasteiger partial charge in [-0.15, -0.1) is 0 Å². The van der Waals surface area contributed by atoms with E-state index in [9.17, 15) is 0 Å². The van der Waals surface area contributed by atoms with E-state index in [1.54, 1.807) is 0 Å². The number of likely N-dealkylation sites (N-methyl/N-ethyl adjacent to an activating group) is 2. The number of H-pyrrole nitrogens is 1. The third-order valence-electron chi connectivity index (χ3n) is 4.38. The Bertz CT molecular complexity index is 572. The van der Waals surface area contributed by atoms with Gasteiger partial charge in [0.2, 0.25) is 0 Å². The largest absolute Gasteiger partial charge is 0.341 e. The Morgan fingerprint density at radius 3 is 2.59 bits per heavy atom. The lowest BCUT2D eigenvalue weighted by atomic mass is 10.1. The summed E-state index contributed by atoms with van der Waals surface area (Å²) in [7, 11) is 4.20. The zero-order valence-electron chi connectivity index (χ0n) is 13.4. The maximum atomic E-state index is 4.58. The van der Waals surface area contributed by atoms with Crippen molar-refractivity contribution in [1.82, 2.24) is 25.1 Å². The van der Waals surface area contributed by atoms with E-state index in [1.165, 1.54) is 5.69 Å². The monoisotopic (exact) mass is 299 g/mol. The Labute approximate surface area is 132 Å². The summed E-state index contributed by atoms with van der Waals surface area (Å²) in [5.41, 5.74) is 2.33. The van der Waals surface area contributed by atoms with Gasteiger partial charge in [0.1, 0.15) is 5.82 Å². The van der Waals surface area contributed by atoms with Crippen LogP contribution in [0.2, 0.25) is 0 Å². The molecule has 1 aliphatic heterocycles. The first-order valence-electron chi connectivity index (χ1n) is 7.95. The van der Waals surface area contributed by atoms with Crippen LogP contribution in [0.3, 0.4) is 0 Å². The van der Waals surface area contributed by atoms with Gasteiger partial charge in [0.05, 0.1) is 17.9 Å². The minimum atomic E-state index is 0.351. The molecule has 1 unspecified atom stereocenters. The van der Waals surface area contributed by atoms with Crippen molar-refractivity contribution < 1.29 is 0 Å². The summed E-state index contributed by atoms with van der Waals surface area (Å²) in [6, 6.07) is 10.6. The third-order valence-corrected chi connectivity index (χ3v) is 4.38. The van der Waals surface area contributed by atoms with Crippen molar-refractivity contribution in [2.24, 2.45) is 0 Å². The van der Waals surface area contributed by atoms with Gasteiger partial charge in [0, 0.05) is 38.3 Å². The predicted molar refractivity (Wildman–Crippen MR) is 89.8 cm³/mol. The van der Waals surface area contributed by atoms with Crippen LogP contribution in [0.25, 0.3) is 11.4 Å². The molecule has 118 valence electrons. The van der Waals surface area contributed by atoms with Crippen molar-refractivity contribution in [2.45, 2.75) is 6.04 Å². The Morgan fingerprint density at radius 2 is 1.91 bits per heavy atom. The first-order chi connectivity index (χ1) is 10.8. The number of nitrogens with one attached hydrogen (secondary N) is 2. The molecule has 1 aliphatic rings. The number of nitrogens with zero attached hydrogens (tertiary/aromatic N) is 3. The topological polar surface area (TPSA) is 47.2 Å². The molecule has 0 saturated carbocycles. The second-order valence-electron chi connectivity index (χ2n) is 5.97. The van der Waals surface area contributed by atoms with Gasteiger partial charge in [-0.3, -0.25) is 4.90 Å². The normalized spacial score (nSPS) is 18.5. The van der Waals surface area contributed by atoms with E-state index in [2.05, 4.69) is 44.3 Å². The number of aromatic amines is 1. The molecular weight excluding hydrogens is 274 g/mol. The van der Waals surface area contributed by atoms with Gasteiger partial charge in [-0.25, -0.2) is 4.98 Å². The van der Waals surface area contributed by atoms with Crippen molar-refractivity contribution >= 4 is 0 Å². The van der Waals surface area contributed by atoms with Crippen molar-refractivity contribution in [1.29, 1.82) is 0 Å². The molecule has 3 rings (SSSR count). The van der Waals surface area contributed by atoms with E-state index in [1.807, 2.05) is 31.4 Å². The minimum Gasteiger partial charge on any atom is -0.341 e. The van der Waals surface area contributed by atoms with Crippen LogP contribution in [0, 0.1) is 0 Å². The van der Waals surface area contributed by atoms with Gasteiger partial charge in [-0.2, -0.15) is 0 Å². The molecule has 0 spiro atoms. The lowest BCUT2D eigenvalue weighted by molar-refractivity contribution is 0.109. The second kappa shape index (κ2) is 7.05. The summed E-state index contributed by atoms with van der Waals surface area (Å²) >= 11 is 0. The molecule has 0 amide bonds. The molecule has 2 heterocycles. The fourth-order valence-electron chi connectivity index (χ4n) is 3.01. The highest BCUT2D eigenvalue weighted by Gasteiger charge is 2.24. The van der Waals surface area contributed by atoms with Crippen LogP contribution in [0.15, 0.2) is 36.5 Å². The van der Waals surface area contributed by atoms with Gasteiger partial charge in [-0.05, 0) is 14.1 Å². The summed E-state index contributed by atoms with van der Waals surface area (Å²) < 4.78 is 0. The molecular formula is C17H25N5. The van der Waals surface area contributed by atoms with Crippen molar-refractivity contribution in [3.8, 4) is 11.4 Å². The molecule has 1 saturated heterocycles. The number of rotatable bonds is 5. The fraction of sp³-hybridized carbons (Fsp3) is 0.471. The van der Waals surface area contributed by atoms with Gasteiger partial charge in [-0.1, -0.05) is 30.3 Å². The molecule has 0 radical (unpaired) electrons. The Morgan fingerprint density at radius 1 is 1.18 bits per heavy atom. The number of aromatic nitrogens is 2. The highest BCUT2D eigenvalue weighted by Crippen LogP contribution is 2.23. The second-order valence-corrected chi connectivity index (χ2v) is 5.97. The number of imidazole rings is 1. The molecule has 1 aromatic heterocycles. The zero-order chi connectivity index (χ0) is 15.4. The molecule has 1 aromatic carbocycles. The molecule has 2 aromatic rings. The molecule has 22 heavy (non-hydrogen) atoms. The van der Waals surface area contributed by atoms with Gasteiger partial charge in [0.15, 0.2) is 0 Å². The fourth-order valence-corrected chi connectivity index (χ4v) is 3.01. The van der Waals surface area contributed by atoms with Crippen LogP contribution in [0.4, 0.5) is 0 Å².